The molecular weight excluding hydrogens is 396 g/mol. The quantitative estimate of drug-likeness (QED) is 0.621. The van der Waals surface area contributed by atoms with Gasteiger partial charge in [0.25, 0.3) is 0 Å². The molecule has 2 aromatic rings. The molecule has 1 aliphatic carbocycles. The number of amides is 1. The molecular formula is C27H38N4O. The summed E-state index contributed by atoms with van der Waals surface area (Å²) in [6.07, 6.45) is 7.97. The predicted octanol–water partition coefficient (Wildman–Crippen LogP) is 5.02. The van der Waals surface area contributed by atoms with E-state index in [-0.39, 0.29) is 11.5 Å². The van der Waals surface area contributed by atoms with Crippen molar-refractivity contribution in [2.45, 2.75) is 90.9 Å². The summed E-state index contributed by atoms with van der Waals surface area (Å²) < 4.78 is 2.12. The first-order valence-electron chi connectivity index (χ1n) is 12.7. The highest BCUT2D eigenvalue weighted by Gasteiger charge is 2.62. The Bertz CT molecular complexity index is 952. The van der Waals surface area contributed by atoms with Crippen LogP contribution < -0.4 is 0 Å². The maximum absolute atomic E-state index is 13.6. The van der Waals surface area contributed by atoms with Crippen LogP contribution in [-0.4, -0.2) is 44.6 Å². The van der Waals surface area contributed by atoms with Gasteiger partial charge in [0.05, 0.1) is 17.2 Å². The molecule has 5 heteroatoms. The minimum Gasteiger partial charge on any atom is -0.331 e. The van der Waals surface area contributed by atoms with Crippen molar-refractivity contribution < 1.29 is 4.79 Å². The molecule has 1 amide bonds. The van der Waals surface area contributed by atoms with E-state index >= 15 is 0 Å². The summed E-state index contributed by atoms with van der Waals surface area (Å²) in [6.45, 7) is 10.5. The van der Waals surface area contributed by atoms with Crippen LogP contribution >= 0.6 is 0 Å². The van der Waals surface area contributed by atoms with Crippen molar-refractivity contribution in [2.75, 3.05) is 13.1 Å². The molecule has 1 aromatic carbocycles. The van der Waals surface area contributed by atoms with Gasteiger partial charge in [-0.15, -0.1) is 0 Å². The lowest BCUT2D eigenvalue weighted by molar-refractivity contribution is -0.186. The maximum atomic E-state index is 13.6. The third-order valence-electron chi connectivity index (χ3n) is 8.49. The first-order valence-corrected chi connectivity index (χ1v) is 12.7. The minimum atomic E-state index is -0.125. The predicted molar refractivity (Wildman–Crippen MR) is 127 cm³/mol. The number of carbonyl (C=O) groups excluding carboxylic acids is 1. The highest BCUT2D eigenvalue weighted by molar-refractivity contribution is 5.91. The zero-order chi connectivity index (χ0) is 22.3. The van der Waals surface area contributed by atoms with E-state index in [1.54, 1.807) is 0 Å². The smallest absolute Gasteiger partial charge is 0.232 e. The number of aromatic nitrogens is 2. The second kappa shape index (κ2) is 8.66. The van der Waals surface area contributed by atoms with Crippen LogP contribution in [-0.2, 0) is 17.9 Å². The van der Waals surface area contributed by atoms with E-state index in [9.17, 15) is 4.79 Å². The zero-order valence-corrected chi connectivity index (χ0v) is 20.0. The molecule has 1 spiro atoms. The molecule has 0 bridgehead atoms. The first-order chi connectivity index (χ1) is 15.5. The van der Waals surface area contributed by atoms with E-state index in [4.69, 9.17) is 5.10 Å². The Kier molecular flexibility index (Phi) is 5.87. The number of hydrogen-bond donors (Lipinski definition) is 0. The molecule has 172 valence electrons. The Morgan fingerprint density at radius 1 is 1.03 bits per heavy atom. The molecule has 3 aliphatic rings. The number of β-lactam (4-membered cyclic amide) rings is 1. The number of likely N-dealkylation sites (tertiary alicyclic amines) is 2. The van der Waals surface area contributed by atoms with Gasteiger partial charge in [-0.1, -0.05) is 49.6 Å². The summed E-state index contributed by atoms with van der Waals surface area (Å²) in [5.41, 5.74) is 5.06. The fourth-order valence-corrected chi connectivity index (χ4v) is 6.70. The van der Waals surface area contributed by atoms with Crippen molar-refractivity contribution in [3.8, 4) is 0 Å². The van der Waals surface area contributed by atoms with Gasteiger partial charge in [0.1, 0.15) is 0 Å². The number of rotatable bonds is 5. The van der Waals surface area contributed by atoms with Crippen molar-refractivity contribution in [3.63, 3.8) is 0 Å². The molecule has 0 radical (unpaired) electrons. The summed E-state index contributed by atoms with van der Waals surface area (Å²) in [5.74, 6) is 0.445. The molecule has 5 nitrogen and oxygen atoms in total. The van der Waals surface area contributed by atoms with E-state index in [2.05, 4.69) is 65.6 Å². The maximum Gasteiger partial charge on any atom is 0.232 e. The van der Waals surface area contributed by atoms with Crippen LogP contribution in [0.25, 0.3) is 0 Å². The van der Waals surface area contributed by atoms with Gasteiger partial charge >= 0.3 is 0 Å². The van der Waals surface area contributed by atoms with Crippen molar-refractivity contribution in [3.05, 3.63) is 52.8 Å². The van der Waals surface area contributed by atoms with Crippen LogP contribution in [0.3, 0.4) is 0 Å². The van der Waals surface area contributed by atoms with Gasteiger partial charge in [0.2, 0.25) is 5.91 Å². The molecule has 5 rings (SSSR count). The van der Waals surface area contributed by atoms with E-state index < -0.39 is 0 Å². The van der Waals surface area contributed by atoms with Gasteiger partial charge in [0, 0.05) is 43.5 Å². The van der Waals surface area contributed by atoms with Gasteiger partial charge < -0.3 is 4.90 Å². The molecule has 3 fully saturated rings. The number of aryl methyl sites for hydroxylation is 2. The first kappa shape index (κ1) is 21.7. The van der Waals surface area contributed by atoms with Crippen LogP contribution in [0.1, 0.15) is 80.4 Å². The molecule has 2 aliphatic heterocycles. The molecule has 1 atom stereocenters. The largest absolute Gasteiger partial charge is 0.331 e. The molecule has 2 saturated heterocycles. The monoisotopic (exact) mass is 434 g/mol. The van der Waals surface area contributed by atoms with Crippen molar-refractivity contribution >= 4 is 5.91 Å². The standard InChI is InChI=1S/C27H38N4O/c1-4-30-21(3)24(20(2)28-30)19-29-17-13-23(14-18-29)31-25(22-11-7-5-8-12-22)27(26(31)32)15-9-6-10-16-27/h5,7-8,11-12,23,25H,4,6,9-10,13-19H2,1-3H3. The van der Waals surface area contributed by atoms with Crippen molar-refractivity contribution in [1.29, 1.82) is 0 Å². The second-order valence-corrected chi connectivity index (χ2v) is 10.2. The van der Waals surface area contributed by atoms with E-state index in [1.165, 1.54) is 36.1 Å². The SMILES string of the molecule is CCn1nc(C)c(CN2CCC(N3C(=O)C4(CCCCC4)C3c3ccccc3)CC2)c1C. The van der Waals surface area contributed by atoms with Crippen LogP contribution in [0, 0.1) is 19.3 Å². The number of piperidine rings is 1. The number of benzene rings is 1. The summed E-state index contributed by atoms with van der Waals surface area (Å²) >= 11 is 0. The summed E-state index contributed by atoms with van der Waals surface area (Å²) in [7, 11) is 0. The number of nitrogens with zero attached hydrogens (tertiary/aromatic N) is 4. The van der Waals surface area contributed by atoms with Crippen LogP contribution in [0.2, 0.25) is 0 Å². The summed E-state index contributed by atoms with van der Waals surface area (Å²) in [4.78, 5) is 18.5. The molecule has 3 heterocycles. The number of carbonyl (C=O) groups is 1. The lowest BCUT2D eigenvalue weighted by atomic mass is 9.59. The Morgan fingerprint density at radius 2 is 1.72 bits per heavy atom. The van der Waals surface area contributed by atoms with Crippen molar-refractivity contribution in [2.24, 2.45) is 5.41 Å². The fraction of sp³-hybridized carbons (Fsp3) is 0.630. The zero-order valence-electron chi connectivity index (χ0n) is 20.0. The average Bonchev–Trinajstić information content (AvgIpc) is 3.11. The average molecular weight is 435 g/mol. The van der Waals surface area contributed by atoms with Gasteiger partial charge in [-0.25, -0.2) is 0 Å². The Balaban J connectivity index is 1.29. The van der Waals surface area contributed by atoms with Gasteiger partial charge in [-0.2, -0.15) is 5.10 Å². The van der Waals surface area contributed by atoms with E-state index in [1.807, 2.05) is 0 Å². The van der Waals surface area contributed by atoms with E-state index in [0.29, 0.717) is 11.9 Å². The lowest BCUT2D eigenvalue weighted by Gasteiger charge is -2.61. The van der Waals surface area contributed by atoms with Crippen LogP contribution in [0.5, 0.6) is 0 Å². The molecule has 32 heavy (non-hydrogen) atoms. The molecule has 0 N–H and O–H groups in total. The number of hydrogen-bond acceptors (Lipinski definition) is 3. The fourth-order valence-electron chi connectivity index (χ4n) is 6.70. The van der Waals surface area contributed by atoms with E-state index in [0.717, 1.165) is 57.6 Å². The minimum absolute atomic E-state index is 0.125. The third-order valence-corrected chi connectivity index (χ3v) is 8.49. The van der Waals surface area contributed by atoms with Crippen LogP contribution in [0.15, 0.2) is 30.3 Å². The van der Waals surface area contributed by atoms with Crippen LogP contribution in [0.4, 0.5) is 0 Å². The molecule has 1 aromatic heterocycles. The second-order valence-electron chi connectivity index (χ2n) is 10.2. The summed E-state index contributed by atoms with van der Waals surface area (Å²) in [6, 6.07) is 11.5. The Morgan fingerprint density at radius 3 is 2.34 bits per heavy atom. The van der Waals surface area contributed by atoms with Gasteiger partial charge in [0.15, 0.2) is 0 Å². The Labute approximate surface area is 192 Å². The Hall–Kier alpha value is -2.14. The van der Waals surface area contributed by atoms with Gasteiger partial charge in [-0.3, -0.25) is 14.4 Å². The highest BCUT2D eigenvalue weighted by atomic mass is 16.2. The topological polar surface area (TPSA) is 41.4 Å². The molecule has 1 saturated carbocycles. The van der Waals surface area contributed by atoms with Gasteiger partial charge in [-0.05, 0) is 52.0 Å². The normalized spacial score (nSPS) is 24.2. The van der Waals surface area contributed by atoms with Crippen molar-refractivity contribution in [1.82, 2.24) is 19.6 Å². The third kappa shape index (κ3) is 3.49. The lowest BCUT2D eigenvalue weighted by Crippen LogP contribution is -2.67. The highest BCUT2D eigenvalue weighted by Crippen LogP contribution is 2.59. The summed E-state index contributed by atoms with van der Waals surface area (Å²) in [5, 5.41) is 4.70. The molecule has 1 unspecified atom stereocenters.